The first kappa shape index (κ1) is 17.2. The van der Waals surface area contributed by atoms with Crippen LogP contribution in [0.4, 0.5) is 11.4 Å². The zero-order valence-electron chi connectivity index (χ0n) is 13.7. The minimum atomic E-state index is -0.560. The highest BCUT2D eigenvalue weighted by Gasteiger charge is 2.22. The minimum absolute atomic E-state index is 0.00731. The van der Waals surface area contributed by atoms with E-state index in [1.807, 2.05) is 0 Å². The molecule has 0 saturated heterocycles. The van der Waals surface area contributed by atoms with Crippen LogP contribution in [0.5, 0.6) is 11.5 Å². The number of amides is 1. The molecule has 1 amide bonds. The molecule has 1 N–H and O–H groups in total. The molecule has 0 fully saturated rings. The Hall–Kier alpha value is -3.68. The molecule has 3 rings (SSSR count). The predicted octanol–water partition coefficient (Wildman–Crippen LogP) is 3.18. The van der Waals surface area contributed by atoms with Crippen molar-refractivity contribution in [1.29, 1.82) is 0 Å². The topological polar surface area (TPSA) is 108 Å². The standard InChI is InChI=1S/C18H14N2O6/c1-11(21)12-3-2-4-14(7-12)19-18(22)6-5-13-8-16-17(26-10-25-16)9-15(13)20(23)24/h2-9H,10H2,1H3,(H,19,22)/b6-5+. The Balaban J connectivity index is 1.79. The molecule has 1 aliphatic rings. The monoisotopic (exact) mass is 354 g/mol. The molecule has 0 unspecified atom stereocenters. The van der Waals surface area contributed by atoms with Crippen LogP contribution in [-0.2, 0) is 4.79 Å². The average Bonchev–Trinajstić information content (AvgIpc) is 3.06. The maximum absolute atomic E-state index is 12.1. The second-order valence-corrected chi connectivity index (χ2v) is 5.48. The minimum Gasteiger partial charge on any atom is -0.454 e. The van der Waals surface area contributed by atoms with Crippen molar-refractivity contribution in [3.8, 4) is 11.5 Å². The van der Waals surface area contributed by atoms with Crippen molar-refractivity contribution in [3.05, 3.63) is 63.7 Å². The van der Waals surface area contributed by atoms with Gasteiger partial charge in [0.25, 0.3) is 5.69 Å². The number of anilines is 1. The van der Waals surface area contributed by atoms with Crippen LogP contribution in [0.25, 0.3) is 6.08 Å². The van der Waals surface area contributed by atoms with Crippen LogP contribution in [0.3, 0.4) is 0 Å². The van der Waals surface area contributed by atoms with Gasteiger partial charge in [0.2, 0.25) is 12.7 Å². The summed E-state index contributed by atoms with van der Waals surface area (Å²) in [5, 5.41) is 13.8. The summed E-state index contributed by atoms with van der Waals surface area (Å²) >= 11 is 0. The first-order valence-electron chi connectivity index (χ1n) is 7.62. The summed E-state index contributed by atoms with van der Waals surface area (Å²) in [5.74, 6) is 0.0643. The Labute approximate surface area is 148 Å². The second-order valence-electron chi connectivity index (χ2n) is 5.48. The molecule has 0 atom stereocenters. The molecule has 0 aromatic heterocycles. The van der Waals surface area contributed by atoms with Crippen LogP contribution in [0.15, 0.2) is 42.5 Å². The number of nitrogens with zero attached hydrogens (tertiary/aromatic N) is 1. The van der Waals surface area contributed by atoms with Crippen molar-refractivity contribution in [2.75, 3.05) is 12.1 Å². The molecule has 0 bridgehead atoms. The summed E-state index contributed by atoms with van der Waals surface area (Å²) in [7, 11) is 0. The highest BCUT2D eigenvalue weighted by atomic mass is 16.7. The first-order valence-corrected chi connectivity index (χ1v) is 7.62. The largest absolute Gasteiger partial charge is 0.454 e. The maximum Gasteiger partial charge on any atom is 0.280 e. The Morgan fingerprint density at radius 3 is 2.62 bits per heavy atom. The van der Waals surface area contributed by atoms with E-state index >= 15 is 0 Å². The molecule has 1 heterocycles. The Morgan fingerprint density at radius 2 is 1.92 bits per heavy atom. The summed E-state index contributed by atoms with van der Waals surface area (Å²) in [4.78, 5) is 34.1. The number of carbonyl (C=O) groups excluding carboxylic acids is 2. The van der Waals surface area contributed by atoms with E-state index < -0.39 is 10.8 Å². The quantitative estimate of drug-likeness (QED) is 0.382. The van der Waals surface area contributed by atoms with Crippen molar-refractivity contribution in [2.45, 2.75) is 6.92 Å². The molecular formula is C18H14N2O6. The highest BCUT2D eigenvalue weighted by Crippen LogP contribution is 2.38. The number of nitro benzene ring substituents is 1. The van der Waals surface area contributed by atoms with E-state index in [0.29, 0.717) is 22.7 Å². The average molecular weight is 354 g/mol. The van der Waals surface area contributed by atoms with Crippen molar-refractivity contribution in [1.82, 2.24) is 0 Å². The number of benzene rings is 2. The van der Waals surface area contributed by atoms with E-state index in [1.54, 1.807) is 24.3 Å². The molecule has 0 saturated carbocycles. The van der Waals surface area contributed by atoms with E-state index in [1.165, 1.54) is 31.2 Å². The van der Waals surface area contributed by atoms with Crippen molar-refractivity contribution in [3.63, 3.8) is 0 Å². The van der Waals surface area contributed by atoms with E-state index in [9.17, 15) is 19.7 Å². The molecule has 1 aliphatic heterocycles. The fourth-order valence-electron chi connectivity index (χ4n) is 2.40. The lowest BCUT2D eigenvalue weighted by Gasteiger charge is -2.04. The smallest absolute Gasteiger partial charge is 0.280 e. The van der Waals surface area contributed by atoms with Crippen LogP contribution in [-0.4, -0.2) is 23.4 Å². The number of hydrogen-bond acceptors (Lipinski definition) is 6. The Morgan fingerprint density at radius 1 is 1.19 bits per heavy atom. The van der Waals surface area contributed by atoms with Gasteiger partial charge in [-0.1, -0.05) is 12.1 Å². The fourth-order valence-corrected chi connectivity index (χ4v) is 2.40. The van der Waals surface area contributed by atoms with Gasteiger partial charge in [-0.3, -0.25) is 19.7 Å². The number of rotatable bonds is 5. The number of carbonyl (C=O) groups is 2. The Bertz CT molecular complexity index is 935. The fraction of sp³-hybridized carbons (Fsp3) is 0.111. The predicted molar refractivity (Wildman–Crippen MR) is 93.3 cm³/mol. The molecule has 0 aliphatic carbocycles. The molecule has 8 nitrogen and oxygen atoms in total. The summed E-state index contributed by atoms with van der Waals surface area (Å²) in [6.45, 7) is 1.42. The lowest BCUT2D eigenvalue weighted by atomic mass is 10.1. The van der Waals surface area contributed by atoms with Gasteiger partial charge in [-0.2, -0.15) is 0 Å². The molecular weight excluding hydrogens is 340 g/mol. The highest BCUT2D eigenvalue weighted by molar-refractivity contribution is 6.03. The van der Waals surface area contributed by atoms with Crippen LogP contribution < -0.4 is 14.8 Å². The summed E-state index contributed by atoms with van der Waals surface area (Å²) in [6, 6.07) is 9.19. The zero-order chi connectivity index (χ0) is 18.7. The number of ether oxygens (including phenoxy) is 2. The molecule has 8 heteroatoms. The number of hydrogen-bond donors (Lipinski definition) is 1. The summed E-state index contributed by atoms with van der Waals surface area (Å²) < 4.78 is 10.3. The van der Waals surface area contributed by atoms with Gasteiger partial charge in [0.1, 0.15) is 0 Å². The number of Topliss-reactive ketones (excluding diaryl/α,β-unsaturated/α-hetero) is 1. The lowest BCUT2D eigenvalue weighted by Crippen LogP contribution is -2.08. The van der Waals surface area contributed by atoms with E-state index in [4.69, 9.17) is 9.47 Å². The van der Waals surface area contributed by atoms with Crippen LogP contribution in [0.1, 0.15) is 22.8 Å². The van der Waals surface area contributed by atoms with Crippen molar-refractivity contribution in [2.24, 2.45) is 0 Å². The summed E-state index contributed by atoms with van der Waals surface area (Å²) in [6.07, 6.45) is 2.50. The number of nitrogens with one attached hydrogen (secondary N) is 1. The van der Waals surface area contributed by atoms with Crippen molar-refractivity contribution >= 4 is 29.1 Å². The van der Waals surface area contributed by atoms with Gasteiger partial charge in [-0.05, 0) is 31.2 Å². The van der Waals surface area contributed by atoms with Gasteiger partial charge >= 0.3 is 0 Å². The number of fused-ring (bicyclic) bond motifs is 1. The second kappa shape index (κ2) is 7.06. The molecule has 2 aromatic carbocycles. The molecule has 0 radical (unpaired) electrons. The SMILES string of the molecule is CC(=O)c1cccc(NC(=O)/C=C/c2cc3c(cc2[N+](=O)[O-])OCO3)c1. The normalized spacial score (nSPS) is 12.2. The van der Waals surface area contributed by atoms with Gasteiger partial charge in [0.05, 0.1) is 16.6 Å². The molecule has 26 heavy (non-hydrogen) atoms. The molecule has 132 valence electrons. The third-order valence-electron chi connectivity index (χ3n) is 3.67. The summed E-state index contributed by atoms with van der Waals surface area (Å²) in [5.41, 5.74) is 0.939. The maximum atomic E-state index is 12.1. The van der Waals surface area contributed by atoms with Crippen LogP contribution >= 0.6 is 0 Å². The van der Waals surface area contributed by atoms with Gasteiger partial charge in [0.15, 0.2) is 17.3 Å². The van der Waals surface area contributed by atoms with Gasteiger partial charge in [-0.15, -0.1) is 0 Å². The Kier molecular flexibility index (Phi) is 4.66. The van der Waals surface area contributed by atoms with Crippen LogP contribution in [0, 0.1) is 10.1 Å². The molecule has 0 spiro atoms. The van der Waals surface area contributed by atoms with E-state index in [-0.39, 0.29) is 23.8 Å². The first-order chi connectivity index (χ1) is 12.4. The van der Waals surface area contributed by atoms with E-state index in [2.05, 4.69) is 5.32 Å². The molecule has 2 aromatic rings. The van der Waals surface area contributed by atoms with Gasteiger partial charge in [0, 0.05) is 17.3 Å². The van der Waals surface area contributed by atoms with Crippen molar-refractivity contribution < 1.29 is 24.0 Å². The van der Waals surface area contributed by atoms with Gasteiger partial charge < -0.3 is 14.8 Å². The zero-order valence-corrected chi connectivity index (χ0v) is 13.7. The number of nitro groups is 1. The lowest BCUT2D eigenvalue weighted by molar-refractivity contribution is -0.385. The van der Waals surface area contributed by atoms with E-state index in [0.717, 1.165) is 0 Å². The third kappa shape index (κ3) is 3.69. The third-order valence-corrected chi connectivity index (χ3v) is 3.67. The van der Waals surface area contributed by atoms with Crippen LogP contribution in [0.2, 0.25) is 0 Å². The number of ketones is 1. The van der Waals surface area contributed by atoms with Gasteiger partial charge in [-0.25, -0.2) is 0 Å².